The third-order valence-electron chi connectivity index (χ3n) is 15.1. The molecule has 1 aliphatic carbocycles. The topological polar surface area (TPSA) is 8.17 Å². The van der Waals surface area contributed by atoms with Gasteiger partial charge in [-0.3, -0.25) is 0 Å². The zero-order valence-electron chi connectivity index (χ0n) is 39.0. The van der Waals surface area contributed by atoms with Crippen LogP contribution in [-0.4, -0.2) is 4.57 Å². The maximum absolute atomic E-state index is 2.46. The molecule has 332 valence electrons. The average Bonchev–Trinajstić information content (AvgIpc) is 3.96. The van der Waals surface area contributed by atoms with Crippen LogP contribution in [0.1, 0.15) is 22.3 Å². The molecular weight excluding hydrogens is 857 g/mol. The summed E-state index contributed by atoms with van der Waals surface area (Å²) in [6.07, 6.45) is 0. The van der Waals surface area contributed by atoms with Crippen LogP contribution < -0.4 is 4.90 Å². The number of rotatable bonds is 8. The summed E-state index contributed by atoms with van der Waals surface area (Å²) in [5.74, 6) is 0. The fourth-order valence-electron chi connectivity index (χ4n) is 12.0. The molecule has 1 aliphatic rings. The Kier molecular flexibility index (Phi) is 9.47. The number of fused-ring (bicyclic) bond motifs is 11. The van der Waals surface area contributed by atoms with E-state index in [1.165, 1.54) is 93.4 Å². The van der Waals surface area contributed by atoms with Crippen LogP contribution >= 0.6 is 0 Å². The van der Waals surface area contributed by atoms with Crippen LogP contribution in [0.4, 0.5) is 17.1 Å². The number of para-hydroxylation sites is 1. The second kappa shape index (κ2) is 16.5. The van der Waals surface area contributed by atoms with Gasteiger partial charge in [0.2, 0.25) is 0 Å². The first-order valence-electron chi connectivity index (χ1n) is 24.6. The molecule has 2 nitrogen and oxygen atoms in total. The van der Waals surface area contributed by atoms with Gasteiger partial charge in [0.15, 0.2) is 0 Å². The lowest BCUT2D eigenvalue weighted by molar-refractivity contribution is 0.768. The SMILES string of the molecule is c1ccc(-c2ccc(N(c3ccc(-c4ccc(-n5c6ccccc6c6c7ccccc7c7ccccc7c65)cc4)cc3)c3ccc4c(c3)C(c3ccccc3)(c3ccccc3)c3ccccc3-4)cc2)cc1. The highest BCUT2D eigenvalue weighted by Crippen LogP contribution is 2.57. The number of benzene rings is 12. The molecule has 0 fully saturated rings. The highest BCUT2D eigenvalue weighted by Gasteiger charge is 2.46. The normalized spacial score (nSPS) is 12.6. The molecular formula is C69H46N2. The summed E-state index contributed by atoms with van der Waals surface area (Å²) in [6.45, 7) is 0. The molecule has 1 heterocycles. The Morgan fingerprint density at radius 1 is 0.296 bits per heavy atom. The summed E-state index contributed by atoms with van der Waals surface area (Å²) < 4.78 is 2.46. The second-order valence-electron chi connectivity index (χ2n) is 18.8. The summed E-state index contributed by atoms with van der Waals surface area (Å²) in [6, 6.07) is 103. The van der Waals surface area contributed by atoms with Gasteiger partial charge in [-0.15, -0.1) is 0 Å². The summed E-state index contributed by atoms with van der Waals surface area (Å²) in [5, 5.41) is 7.67. The van der Waals surface area contributed by atoms with Crippen molar-refractivity contribution in [2.24, 2.45) is 0 Å². The largest absolute Gasteiger partial charge is 0.310 e. The third-order valence-corrected chi connectivity index (χ3v) is 15.1. The van der Waals surface area contributed by atoms with Crippen LogP contribution in [0.5, 0.6) is 0 Å². The lowest BCUT2D eigenvalue weighted by Gasteiger charge is -2.35. The van der Waals surface area contributed by atoms with Gasteiger partial charge in [-0.25, -0.2) is 0 Å². The standard InChI is InChI=1S/C69H46N2/c1-4-18-47(19-5-1)48-32-38-53(39-33-48)70(56-44-45-60-59-26-14-16-30-64(59)69(65(60)46-56,51-20-6-2-7-21-51)52-22-8-3-9-23-52)54-40-34-49(35-41-54)50-36-42-55(43-37-50)71-66-31-17-15-29-63(66)67-61-27-12-10-24-57(61)58-25-11-13-28-62(58)68(67)71/h1-46H. The third kappa shape index (κ3) is 6.35. The van der Waals surface area contributed by atoms with E-state index in [-0.39, 0.29) is 0 Å². The van der Waals surface area contributed by atoms with Gasteiger partial charge in [0.1, 0.15) is 0 Å². The van der Waals surface area contributed by atoms with Gasteiger partial charge in [-0.05, 0) is 126 Å². The first-order chi connectivity index (χ1) is 35.2. The zero-order valence-corrected chi connectivity index (χ0v) is 39.0. The van der Waals surface area contributed by atoms with E-state index in [0.717, 1.165) is 28.3 Å². The Balaban J connectivity index is 0.894. The number of hydrogen-bond donors (Lipinski definition) is 0. The van der Waals surface area contributed by atoms with Gasteiger partial charge >= 0.3 is 0 Å². The Bertz CT molecular complexity index is 4080. The van der Waals surface area contributed by atoms with Crippen molar-refractivity contribution in [3.8, 4) is 39.1 Å². The maximum Gasteiger partial charge on any atom is 0.0714 e. The van der Waals surface area contributed by atoms with E-state index in [9.17, 15) is 0 Å². The zero-order chi connectivity index (χ0) is 46.9. The Labute approximate surface area is 413 Å². The number of anilines is 3. The molecule has 0 amide bonds. The predicted molar refractivity (Wildman–Crippen MR) is 299 cm³/mol. The average molecular weight is 903 g/mol. The van der Waals surface area contributed by atoms with Crippen LogP contribution in [0.3, 0.4) is 0 Å². The molecule has 0 bridgehead atoms. The summed E-state index contributed by atoms with van der Waals surface area (Å²) in [4.78, 5) is 2.42. The van der Waals surface area contributed by atoms with Crippen LogP contribution in [0, 0.1) is 0 Å². The molecule has 0 saturated heterocycles. The number of aromatic nitrogens is 1. The fourth-order valence-corrected chi connectivity index (χ4v) is 12.0. The van der Waals surface area contributed by atoms with E-state index >= 15 is 0 Å². The van der Waals surface area contributed by atoms with E-state index in [4.69, 9.17) is 0 Å². The molecule has 0 saturated carbocycles. The Hall–Kier alpha value is -9.24. The van der Waals surface area contributed by atoms with Crippen LogP contribution in [0.25, 0.3) is 82.4 Å². The molecule has 0 N–H and O–H groups in total. The predicted octanol–water partition coefficient (Wildman–Crippen LogP) is 18.3. The van der Waals surface area contributed by atoms with Crippen molar-refractivity contribution in [2.75, 3.05) is 4.90 Å². The van der Waals surface area contributed by atoms with Gasteiger partial charge in [0, 0.05) is 38.9 Å². The lowest BCUT2D eigenvalue weighted by atomic mass is 9.67. The van der Waals surface area contributed by atoms with Crippen LogP contribution in [-0.2, 0) is 5.41 Å². The molecule has 0 spiro atoms. The molecule has 0 unspecified atom stereocenters. The first kappa shape index (κ1) is 40.8. The molecule has 0 radical (unpaired) electrons. The van der Waals surface area contributed by atoms with Gasteiger partial charge in [0.25, 0.3) is 0 Å². The summed E-state index contributed by atoms with van der Waals surface area (Å²) in [5.41, 5.74) is 18.7. The molecule has 14 rings (SSSR count). The van der Waals surface area contributed by atoms with E-state index in [2.05, 4.69) is 289 Å². The van der Waals surface area contributed by atoms with E-state index in [1.807, 2.05) is 0 Å². The van der Waals surface area contributed by atoms with E-state index < -0.39 is 5.41 Å². The molecule has 0 aliphatic heterocycles. The first-order valence-corrected chi connectivity index (χ1v) is 24.6. The van der Waals surface area contributed by atoms with Crippen molar-refractivity contribution < 1.29 is 0 Å². The Morgan fingerprint density at radius 3 is 1.35 bits per heavy atom. The molecule has 13 aromatic rings. The minimum atomic E-state index is -0.510. The molecule has 1 aromatic heterocycles. The number of hydrogen-bond acceptors (Lipinski definition) is 1. The second-order valence-corrected chi connectivity index (χ2v) is 18.8. The van der Waals surface area contributed by atoms with Gasteiger partial charge < -0.3 is 9.47 Å². The minimum Gasteiger partial charge on any atom is -0.310 e. The number of nitrogens with zero attached hydrogens (tertiary/aromatic N) is 2. The monoisotopic (exact) mass is 902 g/mol. The smallest absolute Gasteiger partial charge is 0.0714 e. The van der Waals surface area contributed by atoms with Crippen molar-refractivity contribution in [2.45, 2.75) is 5.41 Å². The van der Waals surface area contributed by atoms with E-state index in [0.29, 0.717) is 0 Å². The van der Waals surface area contributed by atoms with Gasteiger partial charge in [-0.1, -0.05) is 224 Å². The highest BCUT2D eigenvalue weighted by atomic mass is 15.1. The quantitative estimate of drug-likeness (QED) is 0.138. The minimum absolute atomic E-state index is 0.510. The van der Waals surface area contributed by atoms with Crippen molar-refractivity contribution in [1.29, 1.82) is 0 Å². The fraction of sp³-hybridized carbons (Fsp3) is 0.0145. The molecule has 12 aromatic carbocycles. The summed E-state index contributed by atoms with van der Waals surface area (Å²) >= 11 is 0. The van der Waals surface area contributed by atoms with Crippen molar-refractivity contribution >= 4 is 60.4 Å². The van der Waals surface area contributed by atoms with Crippen molar-refractivity contribution in [1.82, 2.24) is 4.57 Å². The van der Waals surface area contributed by atoms with Crippen molar-refractivity contribution in [3.05, 3.63) is 301 Å². The molecule has 2 heteroatoms. The maximum atomic E-state index is 2.46. The van der Waals surface area contributed by atoms with E-state index in [1.54, 1.807) is 0 Å². The van der Waals surface area contributed by atoms with Gasteiger partial charge in [0.05, 0.1) is 16.4 Å². The summed E-state index contributed by atoms with van der Waals surface area (Å²) in [7, 11) is 0. The van der Waals surface area contributed by atoms with Crippen molar-refractivity contribution in [3.63, 3.8) is 0 Å². The van der Waals surface area contributed by atoms with Crippen LogP contribution in [0.2, 0.25) is 0 Å². The van der Waals surface area contributed by atoms with Gasteiger partial charge in [-0.2, -0.15) is 0 Å². The lowest BCUT2D eigenvalue weighted by Crippen LogP contribution is -2.28. The Morgan fingerprint density at radius 2 is 0.732 bits per heavy atom. The molecule has 71 heavy (non-hydrogen) atoms. The molecule has 0 atom stereocenters. The van der Waals surface area contributed by atoms with Crippen LogP contribution in [0.15, 0.2) is 279 Å². The highest BCUT2D eigenvalue weighted by molar-refractivity contribution is 6.32.